The van der Waals surface area contributed by atoms with Gasteiger partial charge in [0.1, 0.15) is 0 Å². The summed E-state index contributed by atoms with van der Waals surface area (Å²) in [7, 11) is 0. The second-order valence-corrected chi connectivity index (χ2v) is 4.54. The summed E-state index contributed by atoms with van der Waals surface area (Å²) in [6.45, 7) is 6.60. The summed E-state index contributed by atoms with van der Waals surface area (Å²) in [5, 5.41) is 8.64. The van der Waals surface area contributed by atoms with Crippen molar-refractivity contribution < 1.29 is 9.90 Å². The fraction of sp³-hybridized carbons (Fsp3) is 0.909. The Labute approximate surface area is 86.1 Å². The summed E-state index contributed by atoms with van der Waals surface area (Å²) in [6.07, 6.45) is 4.91. The lowest BCUT2D eigenvalue weighted by molar-refractivity contribution is -0.142. The van der Waals surface area contributed by atoms with E-state index in [4.69, 9.17) is 5.11 Å². The van der Waals surface area contributed by atoms with Crippen molar-refractivity contribution in [2.75, 3.05) is 19.6 Å². The van der Waals surface area contributed by atoms with Crippen LogP contribution in [0.15, 0.2) is 0 Å². The van der Waals surface area contributed by atoms with E-state index in [-0.39, 0.29) is 6.54 Å². The number of nitrogens with zero attached hydrogens (tertiary/aromatic N) is 1. The number of hydrogen-bond acceptors (Lipinski definition) is 2. The van der Waals surface area contributed by atoms with Crippen molar-refractivity contribution in [3.05, 3.63) is 0 Å². The van der Waals surface area contributed by atoms with Gasteiger partial charge in [0.2, 0.25) is 0 Å². The molecule has 0 aromatic carbocycles. The van der Waals surface area contributed by atoms with Crippen LogP contribution in [0.4, 0.5) is 0 Å². The minimum absolute atomic E-state index is 0.217. The van der Waals surface area contributed by atoms with Crippen LogP contribution < -0.4 is 0 Å². The van der Waals surface area contributed by atoms with Gasteiger partial charge in [0.05, 0.1) is 6.54 Å². The zero-order chi connectivity index (χ0) is 10.6. The van der Waals surface area contributed by atoms with Crippen molar-refractivity contribution in [2.24, 2.45) is 5.41 Å². The van der Waals surface area contributed by atoms with E-state index in [2.05, 4.69) is 13.8 Å². The maximum atomic E-state index is 10.5. The third kappa shape index (κ3) is 2.71. The minimum atomic E-state index is -0.702. The number of rotatable bonds is 6. The first kappa shape index (κ1) is 11.5. The molecule has 0 aliphatic carbocycles. The molecule has 3 nitrogen and oxygen atoms in total. The Morgan fingerprint density at radius 3 is 2.14 bits per heavy atom. The first-order valence-electron chi connectivity index (χ1n) is 5.56. The molecule has 1 heterocycles. The lowest BCUT2D eigenvalue weighted by Crippen LogP contribution is -2.57. The molecule has 0 aromatic heterocycles. The Hall–Kier alpha value is -0.570. The van der Waals surface area contributed by atoms with Crippen molar-refractivity contribution in [1.82, 2.24) is 4.90 Å². The standard InChI is InChI=1S/C11H21NO2/c1-3-5-11(6-4-2)8-12(9-11)7-10(13)14/h3-9H2,1-2H3,(H,13,14). The number of aliphatic carboxylic acids is 1. The van der Waals surface area contributed by atoms with Crippen LogP contribution in [0.2, 0.25) is 0 Å². The molecule has 0 radical (unpaired) electrons. The number of hydrogen-bond donors (Lipinski definition) is 1. The highest BCUT2D eigenvalue weighted by Crippen LogP contribution is 2.39. The van der Waals surface area contributed by atoms with Crippen LogP contribution in [0.5, 0.6) is 0 Å². The number of carboxylic acids is 1. The van der Waals surface area contributed by atoms with Gasteiger partial charge in [-0.25, -0.2) is 0 Å². The van der Waals surface area contributed by atoms with E-state index >= 15 is 0 Å². The Morgan fingerprint density at radius 2 is 1.79 bits per heavy atom. The van der Waals surface area contributed by atoms with Gasteiger partial charge in [0.25, 0.3) is 0 Å². The molecule has 3 heteroatoms. The molecular formula is C11H21NO2. The van der Waals surface area contributed by atoms with Crippen LogP contribution in [0.3, 0.4) is 0 Å². The van der Waals surface area contributed by atoms with Crippen molar-refractivity contribution in [3.63, 3.8) is 0 Å². The highest BCUT2D eigenvalue weighted by molar-refractivity contribution is 5.69. The summed E-state index contributed by atoms with van der Waals surface area (Å²) >= 11 is 0. The summed E-state index contributed by atoms with van der Waals surface area (Å²) in [5.74, 6) is -0.702. The van der Waals surface area contributed by atoms with Crippen molar-refractivity contribution in [3.8, 4) is 0 Å². The van der Waals surface area contributed by atoms with Gasteiger partial charge in [-0.05, 0) is 18.3 Å². The molecule has 1 fully saturated rings. The second-order valence-electron chi connectivity index (χ2n) is 4.54. The number of likely N-dealkylation sites (tertiary alicyclic amines) is 1. The number of carboxylic acid groups (broad SMARTS) is 1. The molecule has 14 heavy (non-hydrogen) atoms. The molecule has 1 N–H and O–H groups in total. The van der Waals surface area contributed by atoms with E-state index in [1.807, 2.05) is 4.90 Å². The molecule has 0 atom stereocenters. The summed E-state index contributed by atoms with van der Waals surface area (Å²) in [5.41, 5.74) is 0.443. The van der Waals surface area contributed by atoms with Crippen LogP contribution in [0, 0.1) is 5.41 Å². The SMILES string of the molecule is CCCC1(CCC)CN(CC(=O)O)C1. The zero-order valence-electron chi connectivity index (χ0n) is 9.25. The minimum Gasteiger partial charge on any atom is -0.480 e. The molecule has 1 rings (SSSR count). The maximum absolute atomic E-state index is 10.5. The fourth-order valence-electron chi connectivity index (χ4n) is 2.71. The highest BCUT2D eigenvalue weighted by Gasteiger charge is 2.41. The molecule has 1 aliphatic rings. The average molecular weight is 199 g/mol. The lowest BCUT2D eigenvalue weighted by atomic mass is 9.73. The normalized spacial score (nSPS) is 20.4. The molecule has 0 unspecified atom stereocenters. The van der Waals surface area contributed by atoms with Gasteiger partial charge in [-0.15, -0.1) is 0 Å². The highest BCUT2D eigenvalue weighted by atomic mass is 16.4. The van der Waals surface area contributed by atoms with Crippen LogP contribution in [-0.2, 0) is 4.79 Å². The van der Waals surface area contributed by atoms with E-state index < -0.39 is 5.97 Å². The van der Waals surface area contributed by atoms with E-state index in [0.717, 1.165) is 13.1 Å². The second kappa shape index (κ2) is 4.78. The fourth-order valence-corrected chi connectivity index (χ4v) is 2.71. The van der Waals surface area contributed by atoms with Gasteiger partial charge in [-0.2, -0.15) is 0 Å². The van der Waals surface area contributed by atoms with E-state index in [9.17, 15) is 4.79 Å². The van der Waals surface area contributed by atoms with Gasteiger partial charge >= 0.3 is 5.97 Å². The maximum Gasteiger partial charge on any atom is 0.317 e. The van der Waals surface area contributed by atoms with Crippen LogP contribution in [0.25, 0.3) is 0 Å². The first-order chi connectivity index (χ1) is 6.62. The largest absolute Gasteiger partial charge is 0.480 e. The van der Waals surface area contributed by atoms with Gasteiger partial charge in [0, 0.05) is 13.1 Å². The molecule has 0 amide bonds. The third-order valence-corrected chi connectivity index (χ3v) is 3.04. The summed E-state index contributed by atoms with van der Waals surface area (Å²) in [6, 6.07) is 0. The van der Waals surface area contributed by atoms with E-state index in [1.165, 1.54) is 25.7 Å². The molecule has 0 bridgehead atoms. The van der Waals surface area contributed by atoms with E-state index in [0.29, 0.717) is 5.41 Å². The Balaban J connectivity index is 2.34. The van der Waals surface area contributed by atoms with Gasteiger partial charge in [-0.3, -0.25) is 9.69 Å². The van der Waals surface area contributed by atoms with Crippen molar-refractivity contribution >= 4 is 5.97 Å². The summed E-state index contributed by atoms with van der Waals surface area (Å²) < 4.78 is 0. The smallest absolute Gasteiger partial charge is 0.317 e. The van der Waals surface area contributed by atoms with E-state index in [1.54, 1.807) is 0 Å². The van der Waals surface area contributed by atoms with Crippen LogP contribution in [-0.4, -0.2) is 35.6 Å². The molecule has 0 spiro atoms. The van der Waals surface area contributed by atoms with Crippen LogP contribution in [0.1, 0.15) is 39.5 Å². The Morgan fingerprint density at radius 1 is 1.29 bits per heavy atom. The number of carbonyl (C=O) groups is 1. The van der Waals surface area contributed by atoms with Crippen molar-refractivity contribution in [2.45, 2.75) is 39.5 Å². The zero-order valence-corrected chi connectivity index (χ0v) is 9.25. The lowest BCUT2D eigenvalue weighted by Gasteiger charge is -2.50. The molecule has 0 saturated carbocycles. The molecule has 0 aromatic rings. The average Bonchev–Trinajstić information content (AvgIpc) is 2.01. The van der Waals surface area contributed by atoms with Crippen molar-refractivity contribution in [1.29, 1.82) is 0 Å². The predicted molar refractivity (Wildman–Crippen MR) is 56.3 cm³/mol. The quantitative estimate of drug-likeness (QED) is 0.711. The van der Waals surface area contributed by atoms with Gasteiger partial charge < -0.3 is 5.11 Å². The van der Waals surface area contributed by atoms with Gasteiger partial charge in [0.15, 0.2) is 0 Å². The molecular weight excluding hydrogens is 178 g/mol. The monoisotopic (exact) mass is 199 g/mol. The Bertz CT molecular complexity index is 189. The van der Waals surface area contributed by atoms with Crippen LogP contribution >= 0.6 is 0 Å². The molecule has 1 saturated heterocycles. The third-order valence-electron chi connectivity index (χ3n) is 3.04. The molecule has 82 valence electrons. The topological polar surface area (TPSA) is 40.5 Å². The Kier molecular flexibility index (Phi) is 3.93. The summed E-state index contributed by atoms with van der Waals surface area (Å²) in [4.78, 5) is 12.5. The molecule has 1 aliphatic heterocycles. The van der Waals surface area contributed by atoms with Gasteiger partial charge in [-0.1, -0.05) is 26.7 Å². The predicted octanol–water partition coefficient (Wildman–Crippen LogP) is 1.97. The first-order valence-corrected chi connectivity index (χ1v) is 5.56.